The van der Waals surface area contributed by atoms with Gasteiger partial charge in [-0.2, -0.15) is 0 Å². The van der Waals surface area contributed by atoms with Crippen LogP contribution in [0.1, 0.15) is 48.9 Å². The molecule has 0 spiro atoms. The molecule has 1 aromatic heterocycles. The Morgan fingerprint density at radius 2 is 2.07 bits per heavy atom. The van der Waals surface area contributed by atoms with Gasteiger partial charge in [-0.25, -0.2) is 9.98 Å². The van der Waals surface area contributed by atoms with Gasteiger partial charge in [-0.1, -0.05) is 12.1 Å². The normalized spacial score (nSPS) is 14.3. The fourth-order valence-corrected chi connectivity index (χ4v) is 4.14. The molecule has 1 saturated carbocycles. The molecule has 166 valence electrons. The summed E-state index contributed by atoms with van der Waals surface area (Å²) in [6, 6.07) is 6.02. The summed E-state index contributed by atoms with van der Waals surface area (Å²) in [5, 5.41) is 9.94. The van der Waals surface area contributed by atoms with Crippen molar-refractivity contribution in [2.45, 2.75) is 58.6 Å². The highest BCUT2D eigenvalue weighted by atomic mass is 127. The molecule has 6 nitrogen and oxygen atoms in total. The first-order valence-electron chi connectivity index (χ1n) is 10.4. The van der Waals surface area contributed by atoms with Crippen LogP contribution in [0.25, 0.3) is 0 Å². The Hall–Kier alpha value is -1.55. The number of thiazole rings is 1. The number of methoxy groups -OCH3 is 1. The molecule has 0 unspecified atom stereocenters. The highest BCUT2D eigenvalue weighted by Gasteiger charge is 2.20. The van der Waals surface area contributed by atoms with Crippen molar-refractivity contribution < 1.29 is 9.47 Å². The number of rotatable bonds is 9. The Balaban J connectivity index is 0.00000320. The van der Waals surface area contributed by atoms with Gasteiger partial charge >= 0.3 is 0 Å². The van der Waals surface area contributed by atoms with E-state index in [1.165, 1.54) is 12.8 Å². The molecule has 0 saturated heterocycles. The molecule has 1 fully saturated rings. The maximum Gasteiger partial charge on any atom is 0.191 e. The zero-order valence-electron chi connectivity index (χ0n) is 18.1. The minimum Gasteiger partial charge on any atom is -0.493 e. The molecular weight excluding hydrogens is 511 g/mol. The van der Waals surface area contributed by atoms with Crippen molar-refractivity contribution in [3.05, 3.63) is 39.8 Å². The molecule has 8 heteroatoms. The molecular formula is C22H33IN4O2S. The number of nitrogens with one attached hydrogen (secondary N) is 2. The molecule has 0 aliphatic heterocycles. The summed E-state index contributed by atoms with van der Waals surface area (Å²) < 4.78 is 11.9. The van der Waals surface area contributed by atoms with Gasteiger partial charge in [0.1, 0.15) is 0 Å². The third-order valence-electron chi connectivity index (χ3n) is 4.96. The molecule has 1 aromatic carbocycles. The van der Waals surface area contributed by atoms with Gasteiger partial charge in [0, 0.05) is 30.5 Å². The van der Waals surface area contributed by atoms with E-state index < -0.39 is 0 Å². The standard InChI is InChI=1S/C22H32N4O2S.HI/c1-4-23-22(24-13-12-18-15-29-16(2)26-18)25-14-17-8-7-11-20(27-3)21(17)28-19-9-5-6-10-19;/h7-8,11,15,19H,4-6,9-10,12-14H2,1-3H3,(H2,23,24,25);1H. The van der Waals surface area contributed by atoms with Gasteiger partial charge in [0.15, 0.2) is 17.5 Å². The van der Waals surface area contributed by atoms with Crippen LogP contribution in [0.15, 0.2) is 28.6 Å². The largest absolute Gasteiger partial charge is 0.493 e. The number of ether oxygens (including phenoxy) is 2. The summed E-state index contributed by atoms with van der Waals surface area (Å²) >= 11 is 1.69. The summed E-state index contributed by atoms with van der Waals surface area (Å²) in [5.41, 5.74) is 2.17. The van der Waals surface area contributed by atoms with Crippen LogP contribution in [0.4, 0.5) is 0 Å². The van der Waals surface area contributed by atoms with Crippen LogP contribution in [-0.4, -0.2) is 37.2 Å². The Morgan fingerprint density at radius 3 is 2.73 bits per heavy atom. The van der Waals surface area contributed by atoms with E-state index in [1.54, 1.807) is 18.4 Å². The van der Waals surface area contributed by atoms with Crippen LogP contribution in [0, 0.1) is 6.92 Å². The molecule has 1 aliphatic rings. The summed E-state index contributed by atoms with van der Waals surface area (Å²) in [7, 11) is 1.69. The van der Waals surface area contributed by atoms with Gasteiger partial charge in [0.25, 0.3) is 0 Å². The minimum atomic E-state index is 0. The molecule has 0 radical (unpaired) electrons. The zero-order valence-corrected chi connectivity index (χ0v) is 21.2. The van der Waals surface area contributed by atoms with Crippen molar-refractivity contribution in [2.75, 3.05) is 20.2 Å². The molecule has 1 heterocycles. The number of aryl methyl sites for hydroxylation is 1. The van der Waals surface area contributed by atoms with E-state index in [-0.39, 0.29) is 30.1 Å². The topological polar surface area (TPSA) is 67.8 Å². The van der Waals surface area contributed by atoms with Crippen LogP contribution in [0.3, 0.4) is 0 Å². The number of halogens is 1. The van der Waals surface area contributed by atoms with Crippen LogP contribution in [-0.2, 0) is 13.0 Å². The maximum absolute atomic E-state index is 6.32. The maximum atomic E-state index is 6.32. The first-order chi connectivity index (χ1) is 14.2. The van der Waals surface area contributed by atoms with Gasteiger partial charge in [0.05, 0.1) is 30.5 Å². The fraction of sp³-hybridized carbons (Fsp3) is 0.545. The van der Waals surface area contributed by atoms with Crippen LogP contribution in [0.5, 0.6) is 11.5 Å². The molecule has 0 amide bonds. The summed E-state index contributed by atoms with van der Waals surface area (Å²) in [6.45, 7) is 6.24. The SMILES string of the molecule is CCNC(=NCc1cccc(OC)c1OC1CCCC1)NCCc1csc(C)n1.I. The van der Waals surface area contributed by atoms with E-state index in [1.807, 2.05) is 19.1 Å². The van der Waals surface area contributed by atoms with Crippen molar-refractivity contribution in [2.24, 2.45) is 4.99 Å². The van der Waals surface area contributed by atoms with E-state index >= 15 is 0 Å². The Morgan fingerprint density at radius 1 is 1.27 bits per heavy atom. The molecule has 30 heavy (non-hydrogen) atoms. The van der Waals surface area contributed by atoms with Gasteiger partial charge < -0.3 is 20.1 Å². The fourth-order valence-electron chi connectivity index (χ4n) is 3.49. The number of hydrogen-bond donors (Lipinski definition) is 2. The van der Waals surface area contributed by atoms with Gasteiger partial charge in [-0.05, 0) is 45.6 Å². The second-order valence-corrected chi connectivity index (χ2v) is 8.26. The number of hydrogen-bond acceptors (Lipinski definition) is 5. The number of guanidine groups is 1. The molecule has 0 atom stereocenters. The number of para-hydroxylation sites is 1. The lowest BCUT2D eigenvalue weighted by molar-refractivity contribution is 0.198. The Bertz CT molecular complexity index is 806. The first kappa shape index (κ1) is 24.7. The summed E-state index contributed by atoms with van der Waals surface area (Å²) in [4.78, 5) is 9.29. The van der Waals surface area contributed by atoms with Gasteiger partial charge in [0.2, 0.25) is 0 Å². The highest BCUT2D eigenvalue weighted by Crippen LogP contribution is 2.35. The van der Waals surface area contributed by atoms with Crippen LogP contribution >= 0.6 is 35.3 Å². The van der Waals surface area contributed by atoms with E-state index in [9.17, 15) is 0 Å². The summed E-state index contributed by atoms with van der Waals surface area (Å²) in [5.74, 6) is 2.41. The van der Waals surface area contributed by atoms with Crippen molar-refractivity contribution in [1.82, 2.24) is 15.6 Å². The van der Waals surface area contributed by atoms with Crippen molar-refractivity contribution in [3.63, 3.8) is 0 Å². The lowest BCUT2D eigenvalue weighted by atomic mass is 10.1. The second-order valence-electron chi connectivity index (χ2n) is 7.20. The smallest absolute Gasteiger partial charge is 0.191 e. The van der Waals surface area contributed by atoms with E-state index in [0.717, 1.165) is 66.1 Å². The molecule has 3 rings (SSSR count). The number of benzene rings is 1. The van der Waals surface area contributed by atoms with Crippen molar-refractivity contribution >= 4 is 41.3 Å². The predicted octanol–water partition coefficient (Wildman–Crippen LogP) is 4.70. The molecule has 2 aromatic rings. The average Bonchev–Trinajstić information content (AvgIpc) is 3.38. The number of nitrogens with zero attached hydrogens (tertiary/aromatic N) is 2. The second kappa shape index (κ2) is 13.0. The quantitative estimate of drug-likeness (QED) is 0.272. The Kier molecular flexibility index (Phi) is 10.7. The molecule has 1 aliphatic carbocycles. The van der Waals surface area contributed by atoms with Gasteiger partial charge in [-0.15, -0.1) is 35.3 Å². The van der Waals surface area contributed by atoms with Crippen LogP contribution in [0.2, 0.25) is 0 Å². The highest BCUT2D eigenvalue weighted by molar-refractivity contribution is 14.0. The minimum absolute atomic E-state index is 0. The average molecular weight is 545 g/mol. The van der Waals surface area contributed by atoms with E-state index in [0.29, 0.717) is 6.54 Å². The van der Waals surface area contributed by atoms with Crippen molar-refractivity contribution in [3.8, 4) is 11.5 Å². The van der Waals surface area contributed by atoms with E-state index in [4.69, 9.17) is 14.5 Å². The summed E-state index contributed by atoms with van der Waals surface area (Å²) in [6.07, 6.45) is 5.86. The Labute approximate surface area is 200 Å². The molecule has 0 bridgehead atoms. The zero-order chi connectivity index (χ0) is 20.5. The number of aliphatic imine (C=N–C) groups is 1. The van der Waals surface area contributed by atoms with Gasteiger partial charge in [-0.3, -0.25) is 0 Å². The molecule has 2 N–H and O–H groups in total. The third kappa shape index (κ3) is 7.30. The number of aromatic nitrogens is 1. The third-order valence-corrected chi connectivity index (χ3v) is 5.78. The van der Waals surface area contributed by atoms with Crippen LogP contribution < -0.4 is 20.1 Å². The van der Waals surface area contributed by atoms with E-state index in [2.05, 4.69) is 34.0 Å². The lowest BCUT2D eigenvalue weighted by Crippen LogP contribution is -2.38. The monoisotopic (exact) mass is 544 g/mol. The first-order valence-corrected chi connectivity index (χ1v) is 11.3. The van der Waals surface area contributed by atoms with Crippen molar-refractivity contribution in [1.29, 1.82) is 0 Å². The predicted molar refractivity (Wildman–Crippen MR) is 135 cm³/mol. The lowest BCUT2D eigenvalue weighted by Gasteiger charge is -2.19.